The minimum atomic E-state index is -0.535. The van der Waals surface area contributed by atoms with Crippen molar-refractivity contribution < 1.29 is 18.4 Å². The number of anilines is 1. The van der Waals surface area contributed by atoms with Crippen molar-refractivity contribution in [3.63, 3.8) is 0 Å². The van der Waals surface area contributed by atoms with Crippen LogP contribution in [0.15, 0.2) is 18.2 Å². The molecule has 0 N–H and O–H groups in total. The Bertz CT molecular complexity index is 577. The van der Waals surface area contributed by atoms with Crippen molar-refractivity contribution in [1.29, 1.82) is 0 Å². The highest BCUT2D eigenvalue weighted by Crippen LogP contribution is 2.36. The van der Waals surface area contributed by atoms with E-state index < -0.39 is 18.3 Å². The molecule has 1 unspecified atom stereocenters. The summed E-state index contributed by atoms with van der Waals surface area (Å²) in [6.07, 6.45) is 0.117. The van der Waals surface area contributed by atoms with Crippen molar-refractivity contribution in [2.45, 2.75) is 51.9 Å². The Morgan fingerprint density at radius 1 is 1.17 bits per heavy atom. The lowest BCUT2D eigenvalue weighted by molar-refractivity contribution is 0.00578. The minimum absolute atomic E-state index is 0.117. The number of hydrogen-bond donors (Lipinski definition) is 0. The molecule has 2 fully saturated rings. The normalized spacial score (nSPS) is 26.6. The van der Waals surface area contributed by atoms with E-state index in [1.165, 1.54) is 6.07 Å². The van der Waals surface area contributed by atoms with E-state index in [0.717, 1.165) is 0 Å². The van der Waals surface area contributed by atoms with Crippen LogP contribution in [0.5, 0.6) is 0 Å². The van der Waals surface area contributed by atoms with Crippen LogP contribution in [0.25, 0.3) is 0 Å². The fourth-order valence-corrected chi connectivity index (χ4v) is 2.94. The molecular formula is C17H25BFNO3. The molecule has 23 heavy (non-hydrogen) atoms. The summed E-state index contributed by atoms with van der Waals surface area (Å²) in [5.41, 5.74) is 0.477. The molecule has 4 nitrogen and oxygen atoms in total. The molecule has 0 aromatic heterocycles. The maximum absolute atomic E-state index is 14.6. The first-order valence-corrected chi connectivity index (χ1v) is 8.21. The molecule has 2 heterocycles. The van der Waals surface area contributed by atoms with Gasteiger partial charge in [0, 0.05) is 13.1 Å². The van der Waals surface area contributed by atoms with Crippen LogP contribution in [-0.4, -0.2) is 44.1 Å². The van der Waals surface area contributed by atoms with Gasteiger partial charge >= 0.3 is 7.12 Å². The second kappa shape index (κ2) is 5.76. The van der Waals surface area contributed by atoms with Gasteiger partial charge in [0.25, 0.3) is 0 Å². The van der Waals surface area contributed by atoms with E-state index in [4.69, 9.17) is 14.0 Å². The molecule has 126 valence electrons. The summed E-state index contributed by atoms with van der Waals surface area (Å²) in [6.45, 7) is 12.0. The van der Waals surface area contributed by atoms with Crippen LogP contribution in [0.3, 0.4) is 0 Å². The number of rotatable bonds is 2. The SMILES string of the molecule is CC1CN(c2ccc(B3OC(C)(C)C(C)(C)O3)cc2F)CCO1. The van der Waals surface area contributed by atoms with E-state index in [1.54, 1.807) is 0 Å². The van der Waals surface area contributed by atoms with Crippen molar-refractivity contribution in [2.24, 2.45) is 0 Å². The molecule has 2 aliphatic heterocycles. The number of ether oxygens (including phenoxy) is 1. The van der Waals surface area contributed by atoms with Gasteiger partial charge < -0.3 is 18.9 Å². The first-order chi connectivity index (χ1) is 10.7. The quantitative estimate of drug-likeness (QED) is 0.783. The van der Waals surface area contributed by atoms with Crippen LogP contribution in [0.2, 0.25) is 0 Å². The highest BCUT2D eigenvalue weighted by Gasteiger charge is 2.51. The summed E-state index contributed by atoms with van der Waals surface area (Å²) in [7, 11) is -0.535. The first kappa shape index (κ1) is 16.7. The van der Waals surface area contributed by atoms with Gasteiger partial charge in [-0.05, 0) is 52.2 Å². The zero-order valence-corrected chi connectivity index (χ0v) is 14.6. The molecule has 2 aliphatic rings. The molecule has 1 aromatic rings. The summed E-state index contributed by atoms with van der Waals surface area (Å²) in [5, 5.41) is 0. The van der Waals surface area contributed by atoms with Gasteiger partial charge in [-0.1, -0.05) is 6.07 Å². The first-order valence-electron chi connectivity index (χ1n) is 8.21. The van der Waals surface area contributed by atoms with Gasteiger partial charge in [0.05, 0.1) is 29.6 Å². The van der Waals surface area contributed by atoms with Crippen LogP contribution >= 0.6 is 0 Å². The Balaban J connectivity index is 1.80. The number of morpholine rings is 1. The molecule has 1 aromatic carbocycles. The van der Waals surface area contributed by atoms with E-state index >= 15 is 0 Å². The average Bonchev–Trinajstić information content (AvgIpc) is 2.67. The van der Waals surface area contributed by atoms with Gasteiger partial charge in [-0.15, -0.1) is 0 Å². The van der Waals surface area contributed by atoms with E-state index in [9.17, 15) is 4.39 Å². The Labute approximate surface area is 138 Å². The number of nitrogens with zero attached hydrogens (tertiary/aromatic N) is 1. The number of halogens is 1. The predicted octanol–water partition coefficient (Wildman–Crippen LogP) is 2.35. The van der Waals surface area contributed by atoms with Crippen LogP contribution in [-0.2, 0) is 14.0 Å². The maximum atomic E-state index is 14.6. The van der Waals surface area contributed by atoms with Gasteiger partial charge in [-0.3, -0.25) is 0 Å². The lowest BCUT2D eigenvalue weighted by atomic mass is 9.79. The highest BCUT2D eigenvalue weighted by atomic mass is 19.1. The molecule has 3 rings (SSSR count). The van der Waals surface area contributed by atoms with E-state index in [2.05, 4.69) is 0 Å². The third-order valence-electron chi connectivity index (χ3n) is 5.08. The van der Waals surface area contributed by atoms with Gasteiger partial charge in [-0.25, -0.2) is 4.39 Å². The smallest absolute Gasteiger partial charge is 0.399 e. The maximum Gasteiger partial charge on any atom is 0.494 e. The van der Waals surface area contributed by atoms with Crippen molar-refractivity contribution >= 4 is 18.3 Å². The molecule has 1 atom stereocenters. The lowest BCUT2D eigenvalue weighted by Crippen LogP contribution is -2.42. The summed E-state index contributed by atoms with van der Waals surface area (Å²) in [4.78, 5) is 2.03. The third-order valence-corrected chi connectivity index (χ3v) is 5.08. The van der Waals surface area contributed by atoms with E-state index in [1.807, 2.05) is 51.7 Å². The Kier molecular flexibility index (Phi) is 4.19. The topological polar surface area (TPSA) is 30.9 Å². The molecule has 0 amide bonds. The van der Waals surface area contributed by atoms with Crippen molar-refractivity contribution in [1.82, 2.24) is 0 Å². The molecule has 0 aliphatic carbocycles. The summed E-state index contributed by atoms with van der Waals surface area (Å²) in [6, 6.07) is 5.23. The van der Waals surface area contributed by atoms with Crippen molar-refractivity contribution in [2.75, 3.05) is 24.6 Å². The molecule has 2 saturated heterocycles. The molecule has 0 bridgehead atoms. The minimum Gasteiger partial charge on any atom is -0.399 e. The number of benzene rings is 1. The molecular weight excluding hydrogens is 296 g/mol. The number of hydrogen-bond acceptors (Lipinski definition) is 4. The summed E-state index contributed by atoms with van der Waals surface area (Å²) < 4.78 is 32.1. The monoisotopic (exact) mass is 321 g/mol. The lowest BCUT2D eigenvalue weighted by Gasteiger charge is -2.33. The third kappa shape index (κ3) is 3.12. The fraction of sp³-hybridized carbons (Fsp3) is 0.647. The second-order valence-electron chi connectivity index (χ2n) is 7.43. The van der Waals surface area contributed by atoms with Gasteiger partial charge in [-0.2, -0.15) is 0 Å². The largest absolute Gasteiger partial charge is 0.494 e. The summed E-state index contributed by atoms with van der Waals surface area (Å²) in [5.74, 6) is -0.244. The zero-order chi connectivity index (χ0) is 16.8. The van der Waals surface area contributed by atoms with E-state index in [0.29, 0.717) is 30.8 Å². The van der Waals surface area contributed by atoms with Crippen LogP contribution < -0.4 is 10.4 Å². The molecule has 0 saturated carbocycles. The average molecular weight is 321 g/mol. The van der Waals surface area contributed by atoms with Crippen LogP contribution in [0, 0.1) is 5.82 Å². The Hall–Kier alpha value is -1.11. The predicted molar refractivity (Wildman–Crippen MR) is 89.7 cm³/mol. The molecule has 0 spiro atoms. The van der Waals surface area contributed by atoms with Gasteiger partial charge in [0.15, 0.2) is 0 Å². The Morgan fingerprint density at radius 2 is 1.83 bits per heavy atom. The standard InChI is InChI=1S/C17H25BFNO3/c1-12-11-20(8-9-21-12)15-7-6-13(10-14(15)19)18-22-16(2,3)17(4,5)23-18/h6-7,10,12H,8-9,11H2,1-5H3. The zero-order valence-electron chi connectivity index (χ0n) is 14.6. The molecule has 0 radical (unpaired) electrons. The Morgan fingerprint density at radius 3 is 2.39 bits per heavy atom. The van der Waals surface area contributed by atoms with Crippen LogP contribution in [0.1, 0.15) is 34.6 Å². The molecule has 6 heteroatoms. The van der Waals surface area contributed by atoms with E-state index in [-0.39, 0.29) is 11.9 Å². The highest BCUT2D eigenvalue weighted by molar-refractivity contribution is 6.62. The second-order valence-corrected chi connectivity index (χ2v) is 7.43. The van der Waals surface area contributed by atoms with Crippen molar-refractivity contribution in [3.8, 4) is 0 Å². The summed E-state index contributed by atoms with van der Waals surface area (Å²) >= 11 is 0. The van der Waals surface area contributed by atoms with Gasteiger partial charge in [0.2, 0.25) is 0 Å². The fourth-order valence-electron chi connectivity index (χ4n) is 2.94. The van der Waals surface area contributed by atoms with Crippen molar-refractivity contribution in [3.05, 3.63) is 24.0 Å². The van der Waals surface area contributed by atoms with Gasteiger partial charge in [0.1, 0.15) is 5.82 Å². The van der Waals surface area contributed by atoms with Crippen LogP contribution in [0.4, 0.5) is 10.1 Å².